The molecule has 0 unspecified atom stereocenters. The molecule has 0 spiro atoms. The smallest absolute Gasteiger partial charge is 0.295 e. The molecule has 0 fully saturated rings. The molecule has 2 aromatic carbocycles. The molecule has 0 radical (unpaired) electrons. The number of aromatic amines is 2. The van der Waals surface area contributed by atoms with Crippen molar-refractivity contribution >= 4 is 26.7 Å². The highest BCUT2D eigenvalue weighted by molar-refractivity contribution is 9.10. The second-order valence-electron chi connectivity index (χ2n) is 4.38. The summed E-state index contributed by atoms with van der Waals surface area (Å²) in [5.41, 5.74) is -0.227. The molecule has 1 aromatic heterocycles. The van der Waals surface area contributed by atoms with Crippen molar-refractivity contribution in [1.29, 1.82) is 0 Å². The summed E-state index contributed by atoms with van der Waals surface area (Å²) in [6, 6.07) is 11.9. The van der Waals surface area contributed by atoms with E-state index in [0.717, 1.165) is 20.8 Å². The average molecular weight is 332 g/mol. The van der Waals surface area contributed by atoms with Crippen molar-refractivity contribution in [3.05, 3.63) is 73.2 Å². The van der Waals surface area contributed by atoms with E-state index in [-0.39, 0.29) is 0 Å². The van der Waals surface area contributed by atoms with E-state index in [2.05, 4.69) is 30.9 Å². The van der Waals surface area contributed by atoms with E-state index in [1.54, 1.807) is 0 Å². The number of rotatable bonds is 2. The Morgan fingerprint density at radius 3 is 2.65 bits per heavy atom. The van der Waals surface area contributed by atoms with Crippen molar-refractivity contribution in [3.63, 3.8) is 0 Å². The van der Waals surface area contributed by atoms with Gasteiger partial charge in [0.05, 0.1) is 0 Å². The first kappa shape index (κ1) is 12.8. The molecule has 0 atom stereocenters. The summed E-state index contributed by atoms with van der Waals surface area (Å²) < 4.78 is 0.943. The molecule has 0 amide bonds. The molecule has 0 saturated carbocycles. The number of H-pyrrole nitrogens is 2. The summed E-state index contributed by atoms with van der Waals surface area (Å²) in [6.45, 7) is 0. The SMILES string of the molecule is O=c1nc(Cc2ccc3ccccc3c2Br)[nH]c(=O)[nH]1. The van der Waals surface area contributed by atoms with Crippen LogP contribution in [0.5, 0.6) is 0 Å². The first-order chi connectivity index (χ1) is 9.63. The fourth-order valence-corrected chi connectivity index (χ4v) is 2.75. The van der Waals surface area contributed by atoms with Gasteiger partial charge in [-0.2, -0.15) is 4.98 Å². The van der Waals surface area contributed by atoms with E-state index in [9.17, 15) is 9.59 Å². The quantitative estimate of drug-likeness (QED) is 0.753. The lowest BCUT2D eigenvalue weighted by Gasteiger charge is -2.07. The second-order valence-corrected chi connectivity index (χ2v) is 5.17. The number of aromatic nitrogens is 3. The van der Waals surface area contributed by atoms with Crippen LogP contribution in [0.3, 0.4) is 0 Å². The third-order valence-electron chi connectivity index (χ3n) is 3.02. The minimum Gasteiger partial charge on any atom is -0.295 e. The van der Waals surface area contributed by atoms with Gasteiger partial charge in [0.15, 0.2) is 0 Å². The Morgan fingerprint density at radius 2 is 1.85 bits per heavy atom. The summed E-state index contributed by atoms with van der Waals surface area (Å²) in [5.74, 6) is 0.342. The van der Waals surface area contributed by atoms with Crippen molar-refractivity contribution in [2.75, 3.05) is 0 Å². The predicted octanol–water partition coefficient (Wildman–Crippen LogP) is 1.96. The number of hydrogen-bond donors (Lipinski definition) is 2. The molecule has 0 aliphatic rings. The third-order valence-corrected chi connectivity index (χ3v) is 3.95. The van der Waals surface area contributed by atoms with Gasteiger partial charge >= 0.3 is 11.4 Å². The molecule has 5 nitrogen and oxygen atoms in total. The van der Waals surface area contributed by atoms with Crippen molar-refractivity contribution in [3.8, 4) is 0 Å². The monoisotopic (exact) mass is 331 g/mol. The van der Waals surface area contributed by atoms with Crippen LogP contribution >= 0.6 is 15.9 Å². The van der Waals surface area contributed by atoms with E-state index < -0.39 is 11.4 Å². The fourth-order valence-electron chi connectivity index (χ4n) is 2.12. The zero-order chi connectivity index (χ0) is 14.1. The lowest BCUT2D eigenvalue weighted by Crippen LogP contribution is -2.27. The Morgan fingerprint density at radius 1 is 1.05 bits per heavy atom. The van der Waals surface area contributed by atoms with Crippen LogP contribution < -0.4 is 11.4 Å². The summed E-state index contributed by atoms with van der Waals surface area (Å²) in [6.07, 6.45) is 0.380. The lowest BCUT2D eigenvalue weighted by molar-refractivity contribution is 0.847. The number of nitrogens with one attached hydrogen (secondary N) is 2. The first-order valence-electron chi connectivity index (χ1n) is 5.99. The third kappa shape index (κ3) is 2.42. The van der Waals surface area contributed by atoms with Crippen LogP contribution in [0.2, 0.25) is 0 Å². The Bertz CT molecular complexity index is 870. The van der Waals surface area contributed by atoms with E-state index in [1.807, 2.05) is 36.4 Å². The predicted molar refractivity (Wildman–Crippen MR) is 79.9 cm³/mol. The van der Waals surface area contributed by atoms with Crippen LogP contribution in [0.25, 0.3) is 10.8 Å². The lowest BCUT2D eigenvalue weighted by atomic mass is 10.0. The van der Waals surface area contributed by atoms with Crippen molar-refractivity contribution in [2.45, 2.75) is 6.42 Å². The minimum absolute atomic E-state index is 0.342. The maximum Gasteiger partial charge on any atom is 0.350 e. The maximum atomic E-state index is 11.2. The summed E-state index contributed by atoms with van der Waals surface area (Å²) in [7, 11) is 0. The van der Waals surface area contributed by atoms with Gasteiger partial charge in [-0.25, -0.2) is 9.59 Å². The van der Waals surface area contributed by atoms with E-state index in [4.69, 9.17) is 0 Å². The molecule has 0 aliphatic heterocycles. The topological polar surface area (TPSA) is 78.6 Å². The molecule has 3 rings (SSSR count). The number of benzene rings is 2. The molecule has 100 valence electrons. The average Bonchev–Trinajstić information content (AvgIpc) is 2.41. The van der Waals surface area contributed by atoms with Crippen LogP contribution in [0.1, 0.15) is 11.4 Å². The number of nitrogens with zero attached hydrogens (tertiary/aromatic N) is 1. The molecule has 1 heterocycles. The highest BCUT2D eigenvalue weighted by Gasteiger charge is 2.07. The molecule has 0 aliphatic carbocycles. The molecular weight excluding hydrogens is 322 g/mol. The first-order valence-corrected chi connectivity index (χ1v) is 6.78. The van der Waals surface area contributed by atoms with E-state index >= 15 is 0 Å². The van der Waals surface area contributed by atoms with Gasteiger partial charge in [-0.1, -0.05) is 36.4 Å². The Labute approximate surface area is 121 Å². The van der Waals surface area contributed by atoms with Crippen LogP contribution in [0.15, 0.2) is 50.5 Å². The van der Waals surface area contributed by atoms with Crippen LogP contribution in [-0.4, -0.2) is 15.0 Å². The highest BCUT2D eigenvalue weighted by atomic mass is 79.9. The van der Waals surface area contributed by atoms with E-state index in [0.29, 0.717) is 12.2 Å². The highest BCUT2D eigenvalue weighted by Crippen LogP contribution is 2.28. The zero-order valence-corrected chi connectivity index (χ0v) is 11.9. The summed E-state index contributed by atoms with van der Waals surface area (Å²) in [5, 5.41) is 2.20. The molecule has 20 heavy (non-hydrogen) atoms. The minimum atomic E-state index is -0.638. The van der Waals surface area contributed by atoms with Crippen molar-refractivity contribution < 1.29 is 0 Å². The van der Waals surface area contributed by atoms with Gasteiger partial charge in [-0.3, -0.25) is 9.97 Å². The van der Waals surface area contributed by atoms with Crippen LogP contribution in [-0.2, 0) is 6.42 Å². The van der Waals surface area contributed by atoms with Gasteiger partial charge < -0.3 is 0 Å². The molecule has 6 heteroatoms. The number of halogens is 1. The maximum absolute atomic E-state index is 11.2. The van der Waals surface area contributed by atoms with Gasteiger partial charge in [0.2, 0.25) is 0 Å². The van der Waals surface area contributed by atoms with Gasteiger partial charge in [-0.15, -0.1) is 0 Å². The standard InChI is InChI=1S/C14H10BrN3O2/c15-12-9(6-5-8-3-1-2-4-10(8)12)7-11-16-13(19)18-14(20)17-11/h1-6H,7H2,(H2,16,17,18,19,20). The largest absolute Gasteiger partial charge is 0.350 e. The molecule has 0 bridgehead atoms. The summed E-state index contributed by atoms with van der Waals surface area (Å²) >= 11 is 3.57. The molecular formula is C14H10BrN3O2. The number of fused-ring (bicyclic) bond motifs is 1. The Balaban J connectivity index is 2.09. The van der Waals surface area contributed by atoms with Crippen molar-refractivity contribution in [1.82, 2.24) is 15.0 Å². The second kappa shape index (κ2) is 5.05. The van der Waals surface area contributed by atoms with Crippen LogP contribution in [0.4, 0.5) is 0 Å². The molecule has 0 saturated heterocycles. The van der Waals surface area contributed by atoms with Gasteiger partial charge in [0, 0.05) is 10.9 Å². The Hall–Kier alpha value is -2.21. The Kier molecular flexibility index (Phi) is 3.23. The normalized spacial score (nSPS) is 10.8. The van der Waals surface area contributed by atoms with Gasteiger partial charge in [0.1, 0.15) is 5.82 Å². The van der Waals surface area contributed by atoms with E-state index in [1.165, 1.54) is 0 Å². The molecule has 2 N–H and O–H groups in total. The number of hydrogen-bond acceptors (Lipinski definition) is 3. The fraction of sp³-hybridized carbons (Fsp3) is 0.0714. The van der Waals surface area contributed by atoms with Crippen LogP contribution in [0, 0.1) is 0 Å². The molecule has 3 aromatic rings. The summed E-state index contributed by atoms with van der Waals surface area (Å²) in [4.78, 5) is 30.8. The van der Waals surface area contributed by atoms with Gasteiger partial charge in [-0.05, 0) is 32.3 Å². The van der Waals surface area contributed by atoms with Gasteiger partial charge in [0.25, 0.3) is 0 Å². The zero-order valence-electron chi connectivity index (χ0n) is 10.3. The van der Waals surface area contributed by atoms with Crippen molar-refractivity contribution in [2.24, 2.45) is 0 Å².